The van der Waals surface area contributed by atoms with Crippen LogP contribution in [-0.4, -0.2) is 44.3 Å². The first kappa shape index (κ1) is 29.1. The third-order valence-electron chi connectivity index (χ3n) is 6.05. The Labute approximate surface area is 228 Å². The van der Waals surface area contributed by atoms with Crippen LogP contribution in [0.4, 0.5) is 10.1 Å². The van der Waals surface area contributed by atoms with Crippen molar-refractivity contribution in [2.75, 3.05) is 17.4 Å². The maximum Gasteiger partial charge on any atom is 0.264 e. The molecule has 38 heavy (non-hydrogen) atoms. The Kier molecular flexibility index (Phi) is 9.88. The van der Waals surface area contributed by atoms with Gasteiger partial charge in [0.05, 0.1) is 10.6 Å². The third-order valence-corrected chi connectivity index (χ3v) is 8.07. The molecular formula is C28H31ClFN3O4S. The molecule has 0 aliphatic rings. The summed E-state index contributed by atoms with van der Waals surface area (Å²) in [7, 11) is -4.18. The molecule has 0 aliphatic carbocycles. The van der Waals surface area contributed by atoms with Crippen molar-refractivity contribution in [3.05, 3.63) is 94.8 Å². The van der Waals surface area contributed by atoms with Crippen LogP contribution in [0, 0.1) is 12.7 Å². The molecule has 3 rings (SSSR count). The lowest BCUT2D eigenvalue weighted by Crippen LogP contribution is -2.51. The van der Waals surface area contributed by atoms with Gasteiger partial charge in [0, 0.05) is 18.1 Å². The number of nitrogens with one attached hydrogen (secondary N) is 1. The van der Waals surface area contributed by atoms with Gasteiger partial charge in [-0.3, -0.25) is 13.9 Å². The Bertz CT molecular complexity index is 1370. The summed E-state index contributed by atoms with van der Waals surface area (Å²) in [5.74, 6) is -1.39. The van der Waals surface area contributed by atoms with Gasteiger partial charge in [-0.1, -0.05) is 48.9 Å². The van der Waals surface area contributed by atoms with Crippen LogP contribution < -0.4 is 9.62 Å². The molecule has 0 saturated heterocycles. The summed E-state index contributed by atoms with van der Waals surface area (Å²) in [5, 5.41) is 3.16. The molecule has 7 nitrogen and oxygen atoms in total. The first-order chi connectivity index (χ1) is 18.0. The molecule has 1 atom stereocenters. The number of anilines is 1. The van der Waals surface area contributed by atoms with Gasteiger partial charge in [0.1, 0.15) is 18.4 Å². The minimum Gasteiger partial charge on any atom is -0.354 e. The number of para-hydroxylation sites is 1. The molecular weight excluding hydrogens is 529 g/mol. The summed E-state index contributed by atoms with van der Waals surface area (Å²) >= 11 is 5.97. The second-order valence-corrected chi connectivity index (χ2v) is 11.2. The van der Waals surface area contributed by atoms with Gasteiger partial charge in [0.15, 0.2) is 0 Å². The Morgan fingerprint density at radius 3 is 2.24 bits per heavy atom. The number of rotatable bonds is 11. The summed E-state index contributed by atoms with van der Waals surface area (Å²) in [6.07, 6.45) is 0.713. The zero-order valence-electron chi connectivity index (χ0n) is 21.5. The number of sulfonamides is 1. The van der Waals surface area contributed by atoms with Crippen LogP contribution >= 0.6 is 11.6 Å². The first-order valence-corrected chi connectivity index (χ1v) is 14.0. The lowest BCUT2D eigenvalue weighted by atomic mass is 10.1. The van der Waals surface area contributed by atoms with Crippen molar-refractivity contribution in [1.82, 2.24) is 10.2 Å². The van der Waals surface area contributed by atoms with E-state index in [9.17, 15) is 22.4 Å². The Morgan fingerprint density at radius 1 is 1.00 bits per heavy atom. The smallest absolute Gasteiger partial charge is 0.264 e. The number of benzene rings is 3. The maximum absolute atomic E-state index is 13.8. The summed E-state index contributed by atoms with van der Waals surface area (Å²) in [5.41, 5.74) is 1.58. The van der Waals surface area contributed by atoms with E-state index in [2.05, 4.69) is 5.32 Å². The number of carbonyl (C=O) groups is 2. The number of nitrogens with zero attached hydrogens (tertiary/aromatic N) is 2. The number of hydrogen-bond donors (Lipinski definition) is 1. The van der Waals surface area contributed by atoms with Crippen molar-refractivity contribution in [1.29, 1.82) is 0 Å². The van der Waals surface area contributed by atoms with Gasteiger partial charge in [-0.05, 0) is 73.9 Å². The molecule has 3 aromatic carbocycles. The van der Waals surface area contributed by atoms with E-state index in [-0.39, 0.29) is 17.3 Å². The normalized spacial score (nSPS) is 12.0. The Hall–Kier alpha value is -3.43. The van der Waals surface area contributed by atoms with E-state index in [4.69, 9.17) is 11.6 Å². The Morgan fingerprint density at radius 2 is 1.63 bits per heavy atom. The van der Waals surface area contributed by atoms with Crippen LogP contribution in [-0.2, 0) is 26.2 Å². The summed E-state index contributed by atoms with van der Waals surface area (Å²) in [4.78, 5) is 27.9. The van der Waals surface area contributed by atoms with E-state index in [0.29, 0.717) is 34.8 Å². The van der Waals surface area contributed by atoms with Gasteiger partial charge in [-0.2, -0.15) is 0 Å². The molecule has 0 saturated carbocycles. The summed E-state index contributed by atoms with van der Waals surface area (Å²) in [6.45, 7) is 5.11. The van der Waals surface area contributed by atoms with Gasteiger partial charge >= 0.3 is 0 Å². The van der Waals surface area contributed by atoms with E-state index >= 15 is 0 Å². The SMILES string of the molecule is CCCNC(=O)[C@H](C)N(Cc1ccc(F)cc1)C(=O)CN(c1ccccc1C)S(=O)(=O)c1ccc(Cl)cc1. The molecule has 0 bridgehead atoms. The van der Waals surface area contributed by atoms with Crippen molar-refractivity contribution >= 4 is 39.1 Å². The summed E-state index contributed by atoms with van der Waals surface area (Å²) in [6, 6.07) is 17.2. The van der Waals surface area contributed by atoms with Gasteiger partial charge in [0.25, 0.3) is 10.0 Å². The zero-order chi connectivity index (χ0) is 27.9. The van der Waals surface area contributed by atoms with Crippen LogP contribution in [0.15, 0.2) is 77.7 Å². The highest BCUT2D eigenvalue weighted by molar-refractivity contribution is 7.92. The van der Waals surface area contributed by atoms with Gasteiger partial charge in [-0.15, -0.1) is 0 Å². The van der Waals surface area contributed by atoms with Crippen LogP contribution in [0.25, 0.3) is 0 Å². The monoisotopic (exact) mass is 559 g/mol. The number of hydrogen-bond acceptors (Lipinski definition) is 4. The number of amides is 2. The minimum atomic E-state index is -4.18. The molecule has 3 aromatic rings. The van der Waals surface area contributed by atoms with E-state index in [1.165, 1.54) is 53.4 Å². The molecule has 0 fully saturated rings. The fraction of sp³-hybridized carbons (Fsp3) is 0.286. The van der Waals surface area contributed by atoms with Crippen LogP contribution in [0.3, 0.4) is 0 Å². The largest absolute Gasteiger partial charge is 0.354 e. The molecule has 202 valence electrons. The second kappa shape index (κ2) is 12.9. The number of halogens is 2. The fourth-order valence-corrected chi connectivity index (χ4v) is 5.46. The highest BCUT2D eigenvalue weighted by Gasteiger charge is 2.33. The minimum absolute atomic E-state index is 0.0115. The fourth-order valence-electron chi connectivity index (χ4n) is 3.86. The predicted molar refractivity (Wildman–Crippen MR) is 147 cm³/mol. The van der Waals surface area contributed by atoms with Crippen LogP contribution in [0.1, 0.15) is 31.4 Å². The standard InChI is InChI=1S/C28H31ClFN3O4S/c1-4-17-31-28(35)21(3)32(18-22-9-13-24(30)14-10-22)27(34)19-33(26-8-6-5-7-20(26)2)38(36,37)25-15-11-23(29)12-16-25/h5-16,21H,4,17-19H2,1-3H3,(H,31,35)/t21-/m0/s1. The molecule has 0 radical (unpaired) electrons. The van der Waals surface area contributed by atoms with E-state index in [1.54, 1.807) is 38.1 Å². The number of aryl methyl sites for hydroxylation is 1. The highest BCUT2D eigenvalue weighted by atomic mass is 35.5. The molecule has 1 N–H and O–H groups in total. The quantitative estimate of drug-likeness (QED) is 0.361. The average molecular weight is 560 g/mol. The molecule has 2 amide bonds. The van der Waals surface area contributed by atoms with Crippen molar-refractivity contribution in [2.24, 2.45) is 0 Å². The van der Waals surface area contributed by atoms with Crippen molar-refractivity contribution in [3.63, 3.8) is 0 Å². The molecule has 0 unspecified atom stereocenters. The lowest BCUT2D eigenvalue weighted by Gasteiger charge is -2.32. The average Bonchev–Trinajstić information content (AvgIpc) is 2.90. The first-order valence-electron chi connectivity index (χ1n) is 12.2. The van der Waals surface area contributed by atoms with Crippen molar-refractivity contribution in [3.8, 4) is 0 Å². The van der Waals surface area contributed by atoms with Crippen molar-refractivity contribution in [2.45, 2.75) is 44.7 Å². The van der Waals surface area contributed by atoms with Crippen LogP contribution in [0.5, 0.6) is 0 Å². The molecule has 0 heterocycles. The van der Waals surface area contributed by atoms with E-state index < -0.39 is 34.3 Å². The zero-order valence-corrected chi connectivity index (χ0v) is 23.1. The summed E-state index contributed by atoms with van der Waals surface area (Å²) < 4.78 is 42.1. The molecule has 0 spiro atoms. The topological polar surface area (TPSA) is 86.8 Å². The van der Waals surface area contributed by atoms with Crippen molar-refractivity contribution < 1.29 is 22.4 Å². The molecule has 0 aliphatic heterocycles. The van der Waals surface area contributed by atoms with Crippen LogP contribution in [0.2, 0.25) is 5.02 Å². The number of carbonyl (C=O) groups excluding carboxylic acids is 2. The lowest BCUT2D eigenvalue weighted by molar-refractivity contribution is -0.139. The third kappa shape index (κ3) is 7.11. The van der Waals surface area contributed by atoms with Gasteiger partial charge < -0.3 is 10.2 Å². The molecule has 10 heteroatoms. The molecule has 0 aromatic heterocycles. The van der Waals surface area contributed by atoms with Gasteiger partial charge in [-0.25, -0.2) is 12.8 Å². The highest BCUT2D eigenvalue weighted by Crippen LogP contribution is 2.28. The second-order valence-electron chi connectivity index (χ2n) is 8.87. The Balaban J connectivity index is 2.02. The van der Waals surface area contributed by atoms with E-state index in [1.807, 2.05) is 6.92 Å². The van der Waals surface area contributed by atoms with Gasteiger partial charge in [0.2, 0.25) is 11.8 Å². The van der Waals surface area contributed by atoms with E-state index in [0.717, 1.165) is 4.31 Å². The predicted octanol–water partition coefficient (Wildman–Crippen LogP) is 4.93. The maximum atomic E-state index is 13.8.